The molecule has 1 rings (SSSR count). The average Bonchev–Trinajstić information content (AvgIpc) is 2.28. The van der Waals surface area contributed by atoms with E-state index >= 15 is 0 Å². The molecule has 80 valence electrons. The lowest BCUT2D eigenvalue weighted by Crippen LogP contribution is -1.78. The summed E-state index contributed by atoms with van der Waals surface area (Å²) in [5.41, 5.74) is 2.47. The fourth-order valence-electron chi connectivity index (χ4n) is 1.46. The molecule has 0 heterocycles. The molecule has 0 bridgehead atoms. The summed E-state index contributed by atoms with van der Waals surface area (Å²) < 4.78 is 0. The number of rotatable bonds is 6. The van der Waals surface area contributed by atoms with Crippen LogP contribution in [0.4, 0.5) is 0 Å². The third-order valence-corrected chi connectivity index (χ3v) is 2.41. The Bertz CT molecular complexity index is 306. The fraction of sp³-hybridized carbons (Fsp3) is 0.333. The predicted octanol–water partition coefficient (Wildman–Crippen LogP) is 4.84. The van der Waals surface area contributed by atoms with Gasteiger partial charge in [0.2, 0.25) is 0 Å². The van der Waals surface area contributed by atoms with Crippen LogP contribution in [0.5, 0.6) is 0 Å². The molecule has 0 saturated carbocycles. The molecule has 0 atom stereocenters. The SMILES string of the molecule is C=C(C=Cc1ccccc1)CCCCC. The lowest BCUT2D eigenvalue weighted by Gasteiger charge is -1.98. The highest BCUT2D eigenvalue weighted by atomic mass is 14.0. The lowest BCUT2D eigenvalue weighted by molar-refractivity contribution is 0.720. The molecule has 0 fully saturated rings. The number of unbranched alkanes of at least 4 members (excludes halogenated alkanes) is 2. The van der Waals surface area contributed by atoms with Crippen molar-refractivity contribution in [1.82, 2.24) is 0 Å². The number of hydrogen-bond acceptors (Lipinski definition) is 0. The summed E-state index contributed by atoms with van der Waals surface area (Å²) in [6.07, 6.45) is 9.22. The highest BCUT2D eigenvalue weighted by molar-refractivity contribution is 5.52. The largest absolute Gasteiger partial charge is 0.0958 e. The zero-order chi connectivity index (χ0) is 10.9. The molecule has 0 aromatic heterocycles. The van der Waals surface area contributed by atoms with Crippen molar-refractivity contribution in [3.05, 3.63) is 54.1 Å². The molecular weight excluding hydrogens is 180 g/mol. The molecule has 0 N–H and O–H groups in total. The Kier molecular flexibility index (Phi) is 5.54. The maximum Gasteiger partial charge on any atom is -0.0257 e. The summed E-state index contributed by atoms with van der Waals surface area (Å²) >= 11 is 0. The zero-order valence-corrected chi connectivity index (χ0v) is 9.58. The standard InChI is InChI=1S/C15H20/c1-3-4-6-9-14(2)12-13-15-10-7-5-8-11-15/h5,7-8,10-13H,2-4,6,9H2,1H3. The van der Waals surface area contributed by atoms with Crippen molar-refractivity contribution in [1.29, 1.82) is 0 Å². The Morgan fingerprint density at radius 1 is 1.20 bits per heavy atom. The smallest absolute Gasteiger partial charge is 0.0257 e. The third kappa shape index (κ3) is 5.21. The molecule has 0 heteroatoms. The Morgan fingerprint density at radius 2 is 1.93 bits per heavy atom. The van der Waals surface area contributed by atoms with Crippen LogP contribution in [0.1, 0.15) is 38.2 Å². The van der Waals surface area contributed by atoms with Crippen LogP contribution in [0.3, 0.4) is 0 Å². The van der Waals surface area contributed by atoms with Gasteiger partial charge in [-0.3, -0.25) is 0 Å². The topological polar surface area (TPSA) is 0 Å². The summed E-state index contributed by atoms with van der Waals surface area (Å²) in [6, 6.07) is 10.4. The minimum atomic E-state index is 1.12. The molecule has 1 aromatic rings. The minimum absolute atomic E-state index is 1.12. The normalized spacial score (nSPS) is 10.7. The quantitative estimate of drug-likeness (QED) is 0.455. The van der Waals surface area contributed by atoms with Crippen LogP contribution in [-0.4, -0.2) is 0 Å². The van der Waals surface area contributed by atoms with E-state index in [1.165, 1.54) is 30.4 Å². The second-order valence-electron chi connectivity index (χ2n) is 3.86. The van der Waals surface area contributed by atoms with Gasteiger partial charge in [-0.05, 0) is 18.4 Å². The second-order valence-corrected chi connectivity index (χ2v) is 3.86. The van der Waals surface area contributed by atoms with Crippen molar-refractivity contribution < 1.29 is 0 Å². The van der Waals surface area contributed by atoms with E-state index in [0.29, 0.717) is 0 Å². The van der Waals surface area contributed by atoms with Crippen molar-refractivity contribution in [2.45, 2.75) is 32.6 Å². The van der Waals surface area contributed by atoms with E-state index in [1.807, 2.05) is 6.07 Å². The predicted molar refractivity (Wildman–Crippen MR) is 68.8 cm³/mol. The van der Waals surface area contributed by atoms with Gasteiger partial charge in [0.05, 0.1) is 0 Å². The first-order valence-corrected chi connectivity index (χ1v) is 5.74. The summed E-state index contributed by atoms with van der Waals surface area (Å²) in [6.45, 7) is 6.28. The molecule has 1 aromatic carbocycles. The van der Waals surface area contributed by atoms with Crippen LogP contribution in [-0.2, 0) is 0 Å². The van der Waals surface area contributed by atoms with Crippen molar-refractivity contribution in [2.75, 3.05) is 0 Å². The molecule has 0 unspecified atom stereocenters. The number of benzene rings is 1. The van der Waals surface area contributed by atoms with Crippen LogP contribution in [0.25, 0.3) is 6.08 Å². The van der Waals surface area contributed by atoms with Gasteiger partial charge in [0.1, 0.15) is 0 Å². The van der Waals surface area contributed by atoms with E-state index in [9.17, 15) is 0 Å². The van der Waals surface area contributed by atoms with Gasteiger partial charge in [-0.15, -0.1) is 0 Å². The van der Waals surface area contributed by atoms with Gasteiger partial charge < -0.3 is 0 Å². The van der Waals surface area contributed by atoms with Gasteiger partial charge in [0.15, 0.2) is 0 Å². The van der Waals surface area contributed by atoms with Crippen LogP contribution in [0.15, 0.2) is 48.6 Å². The molecule has 0 aliphatic heterocycles. The van der Waals surface area contributed by atoms with Gasteiger partial charge >= 0.3 is 0 Å². The van der Waals surface area contributed by atoms with E-state index in [2.05, 4.69) is 49.9 Å². The van der Waals surface area contributed by atoms with Gasteiger partial charge in [-0.2, -0.15) is 0 Å². The molecule has 0 radical (unpaired) electrons. The molecule has 0 aliphatic carbocycles. The summed E-state index contributed by atoms with van der Waals surface area (Å²) in [7, 11) is 0. The third-order valence-electron chi connectivity index (χ3n) is 2.41. The first-order chi connectivity index (χ1) is 7.33. The van der Waals surface area contributed by atoms with Gasteiger partial charge in [-0.25, -0.2) is 0 Å². The van der Waals surface area contributed by atoms with Crippen molar-refractivity contribution in [3.8, 4) is 0 Å². The molecule has 0 aliphatic rings. The first-order valence-electron chi connectivity index (χ1n) is 5.74. The van der Waals surface area contributed by atoms with Crippen molar-refractivity contribution >= 4 is 6.08 Å². The summed E-state index contributed by atoms with van der Waals surface area (Å²) in [5, 5.41) is 0. The second kappa shape index (κ2) is 7.05. The van der Waals surface area contributed by atoms with Crippen LogP contribution >= 0.6 is 0 Å². The van der Waals surface area contributed by atoms with Gasteiger partial charge in [-0.1, -0.05) is 74.4 Å². The molecule has 0 amide bonds. The van der Waals surface area contributed by atoms with Gasteiger partial charge in [0.25, 0.3) is 0 Å². The van der Waals surface area contributed by atoms with E-state index in [0.717, 1.165) is 6.42 Å². The molecule has 15 heavy (non-hydrogen) atoms. The monoisotopic (exact) mass is 200 g/mol. The Labute approximate surface area is 93.3 Å². The van der Waals surface area contributed by atoms with E-state index < -0.39 is 0 Å². The Morgan fingerprint density at radius 3 is 2.60 bits per heavy atom. The molecular formula is C15H20. The maximum absolute atomic E-state index is 4.05. The first kappa shape index (κ1) is 11.8. The highest BCUT2D eigenvalue weighted by Crippen LogP contribution is 2.10. The maximum atomic E-state index is 4.05. The van der Waals surface area contributed by atoms with Gasteiger partial charge in [0, 0.05) is 0 Å². The van der Waals surface area contributed by atoms with Crippen molar-refractivity contribution in [3.63, 3.8) is 0 Å². The molecule has 0 saturated heterocycles. The van der Waals surface area contributed by atoms with E-state index in [-0.39, 0.29) is 0 Å². The summed E-state index contributed by atoms with van der Waals surface area (Å²) in [5.74, 6) is 0. The molecule has 0 nitrogen and oxygen atoms in total. The highest BCUT2D eigenvalue weighted by Gasteiger charge is 1.89. The lowest BCUT2D eigenvalue weighted by atomic mass is 10.1. The number of hydrogen-bond donors (Lipinski definition) is 0. The van der Waals surface area contributed by atoms with E-state index in [1.54, 1.807) is 0 Å². The van der Waals surface area contributed by atoms with Crippen LogP contribution < -0.4 is 0 Å². The van der Waals surface area contributed by atoms with Crippen molar-refractivity contribution in [2.24, 2.45) is 0 Å². The zero-order valence-electron chi connectivity index (χ0n) is 9.58. The number of allylic oxidation sites excluding steroid dienone is 2. The Hall–Kier alpha value is -1.30. The minimum Gasteiger partial charge on any atom is -0.0958 e. The Balaban J connectivity index is 2.34. The molecule has 0 spiro atoms. The summed E-state index contributed by atoms with van der Waals surface area (Å²) in [4.78, 5) is 0. The van der Waals surface area contributed by atoms with E-state index in [4.69, 9.17) is 0 Å². The average molecular weight is 200 g/mol. The van der Waals surface area contributed by atoms with Crippen LogP contribution in [0, 0.1) is 0 Å². The fourth-order valence-corrected chi connectivity index (χ4v) is 1.46. The van der Waals surface area contributed by atoms with Crippen LogP contribution in [0.2, 0.25) is 0 Å².